The van der Waals surface area contributed by atoms with Crippen LogP contribution in [0.15, 0.2) is 36.5 Å². The van der Waals surface area contributed by atoms with Gasteiger partial charge in [-0.25, -0.2) is 14.3 Å². The molecule has 0 atom stereocenters. The van der Waals surface area contributed by atoms with Crippen molar-refractivity contribution in [2.45, 2.75) is 6.54 Å². The molecule has 8 heteroatoms. The van der Waals surface area contributed by atoms with Gasteiger partial charge in [-0.2, -0.15) is 0 Å². The minimum absolute atomic E-state index is 0.0248. The summed E-state index contributed by atoms with van der Waals surface area (Å²) in [6.07, 6.45) is 1.40. The molecular formula is C13H11N3O5. The molecule has 0 unspecified atom stereocenters. The van der Waals surface area contributed by atoms with E-state index in [-0.39, 0.29) is 24.8 Å². The largest absolute Gasteiger partial charge is 0.458 e. The summed E-state index contributed by atoms with van der Waals surface area (Å²) in [5, 5.41) is 10.8. The molecule has 2 rings (SSSR count). The molecule has 0 amide bonds. The number of nitro groups is 1. The van der Waals surface area contributed by atoms with Gasteiger partial charge in [-0.1, -0.05) is 18.2 Å². The molecule has 8 nitrogen and oxygen atoms in total. The van der Waals surface area contributed by atoms with Crippen LogP contribution >= 0.6 is 0 Å². The third kappa shape index (κ3) is 3.30. The average molecular weight is 289 g/mol. The average Bonchev–Trinajstić information content (AvgIpc) is 2.91. The Bertz CT molecular complexity index is 666. The Morgan fingerprint density at radius 3 is 2.71 bits per heavy atom. The lowest BCUT2D eigenvalue weighted by Crippen LogP contribution is -2.14. The highest BCUT2D eigenvalue weighted by atomic mass is 16.6. The fourth-order valence-corrected chi connectivity index (χ4v) is 1.74. The van der Waals surface area contributed by atoms with E-state index in [1.165, 1.54) is 0 Å². The Labute approximate surface area is 119 Å². The lowest BCUT2D eigenvalue weighted by molar-refractivity contribution is -0.392. The van der Waals surface area contributed by atoms with Gasteiger partial charge in [0.2, 0.25) is 6.29 Å². The maximum absolute atomic E-state index is 11.7. The number of aldehydes is 1. The molecule has 108 valence electrons. The molecular weight excluding hydrogens is 278 g/mol. The molecule has 0 bridgehead atoms. The van der Waals surface area contributed by atoms with Gasteiger partial charge in [0.15, 0.2) is 0 Å². The third-order valence-electron chi connectivity index (χ3n) is 2.72. The van der Waals surface area contributed by atoms with Crippen molar-refractivity contribution in [2.24, 2.45) is 0 Å². The Morgan fingerprint density at radius 1 is 1.38 bits per heavy atom. The van der Waals surface area contributed by atoms with Crippen molar-refractivity contribution < 1.29 is 19.2 Å². The Hall–Kier alpha value is -3.03. The van der Waals surface area contributed by atoms with E-state index in [0.29, 0.717) is 11.8 Å². The molecule has 0 N–H and O–H groups in total. The first kappa shape index (κ1) is 14.4. The number of benzene rings is 1. The number of rotatable bonds is 6. The van der Waals surface area contributed by atoms with Crippen LogP contribution in [0, 0.1) is 10.1 Å². The van der Waals surface area contributed by atoms with Crippen molar-refractivity contribution in [3.63, 3.8) is 0 Å². The highest BCUT2D eigenvalue weighted by Crippen LogP contribution is 2.13. The molecule has 0 saturated heterocycles. The number of imidazole rings is 1. The van der Waals surface area contributed by atoms with Gasteiger partial charge in [0, 0.05) is 0 Å². The molecule has 0 aliphatic rings. The number of esters is 1. The predicted molar refractivity (Wildman–Crippen MR) is 71.0 cm³/mol. The topological polar surface area (TPSA) is 104 Å². The minimum atomic E-state index is -0.654. The number of carbonyl (C=O) groups is 2. The SMILES string of the molecule is O=Cc1ncc([N+](=O)[O-])n1CCOC(=O)c1ccccc1. The van der Waals surface area contributed by atoms with Crippen LogP contribution in [0.3, 0.4) is 0 Å². The predicted octanol–water partition coefficient (Wildman–Crippen LogP) is 1.46. The number of carbonyl (C=O) groups excluding carboxylic acids is 2. The molecule has 0 aliphatic heterocycles. The number of nitrogens with zero attached hydrogens (tertiary/aromatic N) is 3. The second-order valence-corrected chi connectivity index (χ2v) is 4.00. The summed E-state index contributed by atoms with van der Waals surface area (Å²) in [6, 6.07) is 8.35. The van der Waals surface area contributed by atoms with Crippen LogP contribution < -0.4 is 0 Å². The maximum Gasteiger partial charge on any atom is 0.343 e. The van der Waals surface area contributed by atoms with Gasteiger partial charge in [0.25, 0.3) is 5.82 Å². The van der Waals surface area contributed by atoms with Crippen LogP contribution in [0.5, 0.6) is 0 Å². The van der Waals surface area contributed by atoms with Crippen LogP contribution in [-0.2, 0) is 11.3 Å². The second kappa shape index (κ2) is 6.42. The normalized spacial score (nSPS) is 10.1. The first-order chi connectivity index (χ1) is 10.1. The Kier molecular flexibility index (Phi) is 4.39. The van der Waals surface area contributed by atoms with E-state index in [2.05, 4.69) is 4.98 Å². The summed E-state index contributed by atoms with van der Waals surface area (Å²) in [5.74, 6) is -0.948. The zero-order valence-corrected chi connectivity index (χ0v) is 10.8. The van der Waals surface area contributed by atoms with E-state index in [4.69, 9.17) is 4.74 Å². The van der Waals surface area contributed by atoms with Crippen molar-refractivity contribution >= 4 is 18.1 Å². The van der Waals surface area contributed by atoms with Crippen LogP contribution in [0.25, 0.3) is 0 Å². The summed E-state index contributed by atoms with van der Waals surface area (Å²) in [4.78, 5) is 36.2. The number of ether oxygens (including phenoxy) is 1. The van der Waals surface area contributed by atoms with E-state index in [0.717, 1.165) is 10.8 Å². The van der Waals surface area contributed by atoms with Crippen LogP contribution in [0.4, 0.5) is 5.82 Å². The fraction of sp³-hybridized carbons (Fsp3) is 0.154. The fourth-order valence-electron chi connectivity index (χ4n) is 1.74. The number of hydrogen-bond donors (Lipinski definition) is 0. The highest BCUT2D eigenvalue weighted by molar-refractivity contribution is 5.89. The van der Waals surface area contributed by atoms with E-state index >= 15 is 0 Å². The van der Waals surface area contributed by atoms with Gasteiger partial charge in [-0.05, 0) is 17.1 Å². The number of aromatic nitrogens is 2. The van der Waals surface area contributed by atoms with Crippen molar-refractivity contribution in [1.82, 2.24) is 9.55 Å². The summed E-state index contributed by atoms with van der Waals surface area (Å²) in [7, 11) is 0. The molecule has 2 aromatic rings. The van der Waals surface area contributed by atoms with E-state index in [1.807, 2.05) is 0 Å². The molecule has 0 radical (unpaired) electrons. The molecule has 21 heavy (non-hydrogen) atoms. The molecule has 0 aliphatic carbocycles. The lowest BCUT2D eigenvalue weighted by Gasteiger charge is -2.05. The lowest BCUT2D eigenvalue weighted by atomic mass is 10.2. The van der Waals surface area contributed by atoms with Crippen LogP contribution in [0.2, 0.25) is 0 Å². The van der Waals surface area contributed by atoms with Gasteiger partial charge in [0.1, 0.15) is 19.3 Å². The van der Waals surface area contributed by atoms with Gasteiger partial charge in [-0.3, -0.25) is 4.79 Å². The first-order valence-corrected chi connectivity index (χ1v) is 6.00. The van der Waals surface area contributed by atoms with Gasteiger partial charge >= 0.3 is 11.8 Å². The Morgan fingerprint density at radius 2 is 2.10 bits per heavy atom. The molecule has 1 aromatic heterocycles. The Balaban J connectivity index is 2.01. The minimum Gasteiger partial charge on any atom is -0.458 e. The zero-order chi connectivity index (χ0) is 15.2. The van der Waals surface area contributed by atoms with E-state index in [9.17, 15) is 19.7 Å². The van der Waals surface area contributed by atoms with Crippen molar-refractivity contribution in [3.05, 3.63) is 58.0 Å². The van der Waals surface area contributed by atoms with Crippen molar-refractivity contribution in [2.75, 3.05) is 6.61 Å². The first-order valence-electron chi connectivity index (χ1n) is 6.00. The summed E-state index contributed by atoms with van der Waals surface area (Å²) in [5.41, 5.74) is 0.383. The van der Waals surface area contributed by atoms with E-state index in [1.54, 1.807) is 30.3 Å². The highest BCUT2D eigenvalue weighted by Gasteiger charge is 2.20. The maximum atomic E-state index is 11.7. The molecule has 0 saturated carbocycles. The van der Waals surface area contributed by atoms with Crippen LogP contribution in [-0.4, -0.2) is 33.3 Å². The van der Waals surface area contributed by atoms with Crippen LogP contribution in [0.1, 0.15) is 21.0 Å². The summed E-state index contributed by atoms with van der Waals surface area (Å²) < 4.78 is 6.10. The third-order valence-corrected chi connectivity index (χ3v) is 2.72. The van der Waals surface area contributed by atoms with Crippen molar-refractivity contribution in [3.8, 4) is 0 Å². The standard InChI is InChI=1S/C13H11N3O5/c17-9-11-14-8-12(16(19)20)15(11)6-7-21-13(18)10-4-2-1-3-5-10/h1-5,8-9H,6-7H2. The molecule has 1 heterocycles. The number of hydrogen-bond acceptors (Lipinski definition) is 6. The van der Waals surface area contributed by atoms with Gasteiger partial charge in [0.05, 0.1) is 5.56 Å². The summed E-state index contributed by atoms with van der Waals surface area (Å²) in [6.45, 7) is -0.130. The molecule has 1 aromatic carbocycles. The molecule has 0 spiro atoms. The smallest absolute Gasteiger partial charge is 0.343 e. The molecule has 0 fully saturated rings. The monoisotopic (exact) mass is 289 g/mol. The van der Waals surface area contributed by atoms with Gasteiger partial charge < -0.3 is 14.9 Å². The zero-order valence-electron chi connectivity index (χ0n) is 10.8. The summed E-state index contributed by atoms with van der Waals surface area (Å²) >= 11 is 0. The second-order valence-electron chi connectivity index (χ2n) is 4.00. The quantitative estimate of drug-likeness (QED) is 0.345. The van der Waals surface area contributed by atoms with Gasteiger partial charge in [-0.15, -0.1) is 0 Å². The van der Waals surface area contributed by atoms with Crippen molar-refractivity contribution in [1.29, 1.82) is 0 Å². The van der Waals surface area contributed by atoms with E-state index < -0.39 is 10.9 Å².